The van der Waals surface area contributed by atoms with E-state index in [4.69, 9.17) is 0 Å². The van der Waals surface area contributed by atoms with Crippen molar-refractivity contribution >= 4 is 21.1 Å². The lowest BCUT2D eigenvalue weighted by atomic mass is 10.1. The molecule has 0 spiro atoms. The summed E-state index contributed by atoms with van der Waals surface area (Å²) in [5.74, 6) is 0.836. The Kier molecular flexibility index (Phi) is 4.19. The lowest BCUT2D eigenvalue weighted by molar-refractivity contribution is 0.580. The number of fused-ring (bicyclic) bond motifs is 1. The number of imidazole rings is 1. The van der Waals surface area contributed by atoms with Crippen molar-refractivity contribution in [2.45, 2.75) is 26.1 Å². The van der Waals surface area contributed by atoms with Crippen LogP contribution in [-0.2, 0) is 22.3 Å². The highest BCUT2D eigenvalue weighted by Crippen LogP contribution is 2.14. The minimum absolute atomic E-state index is 0.00885. The highest BCUT2D eigenvalue weighted by molar-refractivity contribution is 7.88. The van der Waals surface area contributed by atoms with Crippen molar-refractivity contribution in [2.24, 2.45) is 0 Å². The molecule has 0 radical (unpaired) electrons. The zero-order valence-electron chi connectivity index (χ0n) is 13.1. The number of hydrogen-bond acceptors (Lipinski definition) is 3. The molecule has 0 aliphatic carbocycles. The number of H-pyrrole nitrogens is 1. The molecule has 0 unspecified atom stereocenters. The Morgan fingerprint density at radius 2 is 1.91 bits per heavy atom. The minimum Gasteiger partial charge on any atom is -0.342 e. The van der Waals surface area contributed by atoms with Crippen molar-refractivity contribution in [3.05, 3.63) is 65.0 Å². The predicted octanol–water partition coefficient (Wildman–Crippen LogP) is 2.80. The molecule has 1 aromatic heterocycles. The van der Waals surface area contributed by atoms with E-state index in [0.717, 1.165) is 33.5 Å². The summed E-state index contributed by atoms with van der Waals surface area (Å²) in [5, 5.41) is 0. The molecule has 120 valence electrons. The number of benzene rings is 2. The normalized spacial score (nSPS) is 11.9. The van der Waals surface area contributed by atoms with Gasteiger partial charge in [-0.15, -0.1) is 0 Å². The molecule has 0 aliphatic rings. The SMILES string of the molecule is Cc1nc2ccc(CNS(=O)(=O)Cc3ccccc3C)cc2[nH]1. The predicted molar refractivity (Wildman–Crippen MR) is 91.5 cm³/mol. The Morgan fingerprint density at radius 3 is 2.70 bits per heavy atom. The van der Waals surface area contributed by atoms with Gasteiger partial charge < -0.3 is 4.98 Å². The zero-order chi connectivity index (χ0) is 16.4. The van der Waals surface area contributed by atoms with Gasteiger partial charge in [0.25, 0.3) is 0 Å². The lowest BCUT2D eigenvalue weighted by Gasteiger charge is -2.09. The average molecular weight is 329 g/mol. The van der Waals surface area contributed by atoms with Gasteiger partial charge in [0.2, 0.25) is 10.0 Å². The molecule has 3 aromatic rings. The van der Waals surface area contributed by atoms with Crippen molar-refractivity contribution in [3.63, 3.8) is 0 Å². The monoisotopic (exact) mass is 329 g/mol. The van der Waals surface area contributed by atoms with E-state index in [1.807, 2.05) is 56.3 Å². The number of nitrogens with one attached hydrogen (secondary N) is 2. The number of aromatic amines is 1. The van der Waals surface area contributed by atoms with Gasteiger partial charge in [-0.1, -0.05) is 30.3 Å². The first-order valence-corrected chi connectivity index (χ1v) is 9.05. The summed E-state index contributed by atoms with van der Waals surface area (Å²) >= 11 is 0. The third-order valence-electron chi connectivity index (χ3n) is 3.77. The second-order valence-corrected chi connectivity index (χ2v) is 7.49. The Labute approximate surface area is 135 Å². The van der Waals surface area contributed by atoms with E-state index in [-0.39, 0.29) is 12.3 Å². The van der Waals surface area contributed by atoms with Crippen molar-refractivity contribution < 1.29 is 8.42 Å². The standard InChI is InChI=1S/C17H19N3O2S/c1-12-5-3-4-6-15(12)11-23(21,22)18-10-14-7-8-16-17(9-14)20-13(2)19-16/h3-9,18H,10-11H2,1-2H3,(H,19,20). The summed E-state index contributed by atoms with van der Waals surface area (Å²) in [6.07, 6.45) is 0. The molecule has 0 atom stereocenters. The molecule has 6 heteroatoms. The van der Waals surface area contributed by atoms with Crippen LogP contribution >= 0.6 is 0 Å². The van der Waals surface area contributed by atoms with E-state index in [2.05, 4.69) is 14.7 Å². The topological polar surface area (TPSA) is 74.8 Å². The molecule has 5 nitrogen and oxygen atoms in total. The van der Waals surface area contributed by atoms with E-state index < -0.39 is 10.0 Å². The fraction of sp³-hybridized carbons (Fsp3) is 0.235. The summed E-state index contributed by atoms with van der Waals surface area (Å²) in [6, 6.07) is 13.2. The van der Waals surface area contributed by atoms with E-state index >= 15 is 0 Å². The number of sulfonamides is 1. The van der Waals surface area contributed by atoms with Crippen LogP contribution in [0, 0.1) is 13.8 Å². The fourth-order valence-electron chi connectivity index (χ4n) is 2.52. The fourth-order valence-corrected chi connectivity index (χ4v) is 3.74. The van der Waals surface area contributed by atoms with Gasteiger partial charge in [0.15, 0.2) is 0 Å². The van der Waals surface area contributed by atoms with E-state index in [0.29, 0.717) is 0 Å². The van der Waals surface area contributed by atoms with Crippen LogP contribution in [0.5, 0.6) is 0 Å². The molecule has 2 aromatic carbocycles. The summed E-state index contributed by atoms with van der Waals surface area (Å²) in [6.45, 7) is 4.08. The third kappa shape index (κ3) is 3.78. The van der Waals surface area contributed by atoms with Crippen LogP contribution in [0.15, 0.2) is 42.5 Å². The third-order valence-corrected chi connectivity index (χ3v) is 5.04. The molecular weight excluding hydrogens is 310 g/mol. The lowest BCUT2D eigenvalue weighted by Crippen LogP contribution is -2.25. The maximum Gasteiger partial charge on any atom is 0.216 e. The van der Waals surface area contributed by atoms with Crippen molar-refractivity contribution in [1.82, 2.24) is 14.7 Å². The number of rotatable bonds is 5. The van der Waals surface area contributed by atoms with Gasteiger partial charge in [0, 0.05) is 6.54 Å². The smallest absolute Gasteiger partial charge is 0.216 e. The van der Waals surface area contributed by atoms with Gasteiger partial charge in [-0.25, -0.2) is 18.1 Å². The number of hydrogen-bond donors (Lipinski definition) is 2. The van der Waals surface area contributed by atoms with Gasteiger partial charge in [-0.2, -0.15) is 0 Å². The summed E-state index contributed by atoms with van der Waals surface area (Å²) in [7, 11) is -3.38. The molecular formula is C17H19N3O2S. The van der Waals surface area contributed by atoms with Gasteiger partial charge in [0.05, 0.1) is 16.8 Å². The first-order valence-electron chi connectivity index (χ1n) is 7.40. The first-order chi connectivity index (χ1) is 10.9. The number of nitrogens with zero attached hydrogens (tertiary/aromatic N) is 1. The maximum atomic E-state index is 12.3. The van der Waals surface area contributed by atoms with Crippen LogP contribution in [0.2, 0.25) is 0 Å². The molecule has 0 amide bonds. The summed E-state index contributed by atoms with van der Waals surface area (Å²) in [5.41, 5.74) is 4.49. The van der Waals surface area contributed by atoms with Crippen LogP contribution in [0.1, 0.15) is 22.5 Å². The second kappa shape index (κ2) is 6.14. The van der Waals surface area contributed by atoms with E-state index in [1.54, 1.807) is 0 Å². The quantitative estimate of drug-likeness (QED) is 0.756. The largest absolute Gasteiger partial charge is 0.342 e. The Morgan fingerprint density at radius 1 is 1.13 bits per heavy atom. The highest BCUT2D eigenvalue weighted by Gasteiger charge is 2.13. The number of aryl methyl sites for hydroxylation is 2. The number of aromatic nitrogens is 2. The molecule has 2 N–H and O–H groups in total. The zero-order valence-corrected chi connectivity index (χ0v) is 13.9. The summed E-state index contributed by atoms with van der Waals surface area (Å²) in [4.78, 5) is 7.49. The summed E-state index contributed by atoms with van der Waals surface area (Å²) < 4.78 is 27.2. The minimum atomic E-state index is -3.38. The van der Waals surface area contributed by atoms with Gasteiger partial charge in [-0.3, -0.25) is 0 Å². The van der Waals surface area contributed by atoms with Crippen molar-refractivity contribution in [1.29, 1.82) is 0 Å². The Hall–Kier alpha value is -2.18. The van der Waals surface area contributed by atoms with Crippen LogP contribution in [0.3, 0.4) is 0 Å². The van der Waals surface area contributed by atoms with Crippen LogP contribution in [-0.4, -0.2) is 18.4 Å². The molecule has 0 saturated carbocycles. The van der Waals surface area contributed by atoms with Gasteiger partial charge in [-0.05, 0) is 42.7 Å². The van der Waals surface area contributed by atoms with Gasteiger partial charge in [0.1, 0.15) is 5.82 Å². The Balaban J connectivity index is 1.71. The molecule has 0 saturated heterocycles. The van der Waals surface area contributed by atoms with Gasteiger partial charge >= 0.3 is 0 Å². The first kappa shape index (κ1) is 15.7. The van der Waals surface area contributed by atoms with Crippen LogP contribution < -0.4 is 4.72 Å². The van der Waals surface area contributed by atoms with E-state index in [1.165, 1.54) is 0 Å². The van der Waals surface area contributed by atoms with Crippen molar-refractivity contribution in [2.75, 3.05) is 0 Å². The molecule has 1 heterocycles. The van der Waals surface area contributed by atoms with Crippen LogP contribution in [0.25, 0.3) is 11.0 Å². The molecule has 23 heavy (non-hydrogen) atoms. The molecule has 0 aliphatic heterocycles. The molecule has 0 bridgehead atoms. The molecule has 0 fully saturated rings. The van der Waals surface area contributed by atoms with Crippen LogP contribution in [0.4, 0.5) is 0 Å². The molecule has 3 rings (SSSR count). The maximum absolute atomic E-state index is 12.3. The second-order valence-electron chi connectivity index (χ2n) is 5.68. The van der Waals surface area contributed by atoms with E-state index in [9.17, 15) is 8.42 Å². The Bertz CT molecular complexity index is 945. The highest BCUT2D eigenvalue weighted by atomic mass is 32.2. The average Bonchev–Trinajstić information content (AvgIpc) is 2.87. The van der Waals surface area contributed by atoms with Crippen molar-refractivity contribution in [3.8, 4) is 0 Å².